The lowest BCUT2D eigenvalue weighted by molar-refractivity contribution is 0.311. The van der Waals surface area contributed by atoms with Crippen LogP contribution in [0.5, 0.6) is 0 Å². The van der Waals surface area contributed by atoms with Crippen molar-refractivity contribution in [2.75, 3.05) is 18.5 Å². The second kappa shape index (κ2) is 9.04. The van der Waals surface area contributed by atoms with Crippen LogP contribution in [0.3, 0.4) is 0 Å². The third-order valence-electron chi connectivity index (χ3n) is 5.54. The summed E-state index contributed by atoms with van der Waals surface area (Å²) in [6.45, 7) is 1.14. The predicted octanol–water partition coefficient (Wildman–Crippen LogP) is 5.22. The molecular formula is C27H24N4O. The van der Waals surface area contributed by atoms with E-state index < -0.39 is 0 Å². The zero-order chi connectivity index (χ0) is 21.8. The fourth-order valence-electron chi connectivity index (χ4n) is 4.18. The largest absolute Gasteiger partial charge is 0.395 e. The van der Waals surface area contributed by atoms with Crippen molar-refractivity contribution >= 4 is 16.9 Å². The maximum absolute atomic E-state index is 9.41. The highest BCUT2D eigenvalue weighted by Crippen LogP contribution is 2.42. The maximum atomic E-state index is 9.41. The summed E-state index contributed by atoms with van der Waals surface area (Å²) in [4.78, 5) is 9.27. The zero-order valence-corrected chi connectivity index (χ0v) is 17.6. The van der Waals surface area contributed by atoms with E-state index in [1.165, 1.54) is 5.56 Å². The van der Waals surface area contributed by atoms with E-state index in [4.69, 9.17) is 4.98 Å². The zero-order valence-electron chi connectivity index (χ0n) is 17.6. The van der Waals surface area contributed by atoms with Gasteiger partial charge in [-0.2, -0.15) is 0 Å². The van der Waals surface area contributed by atoms with E-state index in [0.717, 1.165) is 39.2 Å². The number of hydrogen-bond donors (Lipinski definition) is 2. The Morgan fingerprint density at radius 1 is 0.750 bits per heavy atom. The molecule has 0 aliphatic carbocycles. The van der Waals surface area contributed by atoms with Crippen molar-refractivity contribution in [1.29, 1.82) is 0 Å². The minimum atomic E-state index is 0.0302. The fraction of sp³-hybridized carbons (Fsp3) is 0.111. The standard InChI is InChI=1S/C27H24N4O/c32-17-16-28-26-24-23(21-12-6-2-7-13-21)25(22-14-8-3-9-15-22)31(27(24)30-19-29-26)18-20-10-4-1-5-11-20/h1-15,19,32H,16-18H2,(H,28,29,30). The summed E-state index contributed by atoms with van der Waals surface area (Å²) in [5.74, 6) is 0.729. The Kier molecular flexibility index (Phi) is 5.64. The van der Waals surface area contributed by atoms with E-state index in [-0.39, 0.29) is 6.61 Å². The van der Waals surface area contributed by atoms with Crippen LogP contribution >= 0.6 is 0 Å². The van der Waals surface area contributed by atoms with Gasteiger partial charge >= 0.3 is 0 Å². The van der Waals surface area contributed by atoms with Gasteiger partial charge in [0.1, 0.15) is 17.8 Å². The van der Waals surface area contributed by atoms with Crippen LogP contribution in [0, 0.1) is 0 Å². The first-order valence-electron chi connectivity index (χ1n) is 10.7. The molecule has 0 saturated carbocycles. The summed E-state index contributed by atoms with van der Waals surface area (Å²) in [6, 6.07) is 31.2. The van der Waals surface area contributed by atoms with Crippen molar-refractivity contribution in [3.8, 4) is 22.4 Å². The van der Waals surface area contributed by atoms with Crippen LogP contribution in [0.2, 0.25) is 0 Å². The van der Waals surface area contributed by atoms with E-state index in [1.54, 1.807) is 6.33 Å². The molecule has 5 aromatic rings. The van der Waals surface area contributed by atoms with Gasteiger partial charge in [0.05, 0.1) is 17.7 Å². The Balaban J connectivity index is 1.86. The first-order chi connectivity index (χ1) is 15.9. The molecule has 158 valence electrons. The van der Waals surface area contributed by atoms with Crippen LogP contribution in [0.25, 0.3) is 33.4 Å². The molecule has 2 N–H and O–H groups in total. The second-order valence-electron chi connectivity index (χ2n) is 7.60. The highest BCUT2D eigenvalue weighted by molar-refractivity contribution is 6.08. The maximum Gasteiger partial charge on any atom is 0.146 e. The first-order valence-corrected chi connectivity index (χ1v) is 10.7. The molecule has 3 aromatic carbocycles. The highest BCUT2D eigenvalue weighted by Gasteiger charge is 2.24. The molecule has 0 aliphatic heterocycles. The summed E-state index contributed by atoms with van der Waals surface area (Å²) < 4.78 is 2.27. The molecule has 0 saturated heterocycles. The van der Waals surface area contributed by atoms with Gasteiger partial charge in [0.2, 0.25) is 0 Å². The molecule has 32 heavy (non-hydrogen) atoms. The predicted molar refractivity (Wildman–Crippen MR) is 130 cm³/mol. The van der Waals surface area contributed by atoms with Crippen LogP contribution in [0.15, 0.2) is 97.3 Å². The molecule has 0 radical (unpaired) electrons. The molecule has 0 aliphatic rings. The highest BCUT2D eigenvalue weighted by atomic mass is 16.3. The van der Waals surface area contributed by atoms with E-state index in [9.17, 15) is 5.11 Å². The smallest absolute Gasteiger partial charge is 0.146 e. The molecule has 0 fully saturated rings. The van der Waals surface area contributed by atoms with Crippen molar-refractivity contribution in [1.82, 2.24) is 14.5 Å². The molecule has 0 spiro atoms. The number of nitrogens with zero attached hydrogens (tertiary/aromatic N) is 3. The molecule has 0 bridgehead atoms. The molecule has 0 unspecified atom stereocenters. The third kappa shape index (κ3) is 3.74. The van der Waals surface area contributed by atoms with E-state index >= 15 is 0 Å². The molecule has 5 rings (SSSR count). The van der Waals surface area contributed by atoms with Crippen molar-refractivity contribution in [3.63, 3.8) is 0 Å². The van der Waals surface area contributed by atoms with Gasteiger partial charge < -0.3 is 15.0 Å². The number of aromatic nitrogens is 3. The van der Waals surface area contributed by atoms with Crippen LogP contribution in [-0.2, 0) is 6.54 Å². The molecule has 0 amide bonds. The monoisotopic (exact) mass is 420 g/mol. The Morgan fingerprint density at radius 3 is 2.03 bits per heavy atom. The normalized spacial score (nSPS) is 11.0. The van der Waals surface area contributed by atoms with Crippen LogP contribution in [0.1, 0.15) is 5.56 Å². The summed E-state index contributed by atoms with van der Waals surface area (Å²) in [5, 5.41) is 13.7. The number of benzene rings is 3. The van der Waals surface area contributed by atoms with Crippen molar-refractivity contribution in [2.24, 2.45) is 0 Å². The van der Waals surface area contributed by atoms with Gasteiger partial charge in [-0.15, -0.1) is 0 Å². The second-order valence-corrected chi connectivity index (χ2v) is 7.60. The molecule has 5 nitrogen and oxygen atoms in total. The van der Waals surface area contributed by atoms with Crippen molar-refractivity contribution < 1.29 is 5.11 Å². The number of fused-ring (bicyclic) bond motifs is 1. The molecule has 2 aromatic heterocycles. The summed E-state index contributed by atoms with van der Waals surface area (Å²) in [6.07, 6.45) is 1.59. The van der Waals surface area contributed by atoms with Gasteiger partial charge in [-0.3, -0.25) is 0 Å². The lowest BCUT2D eigenvalue weighted by Crippen LogP contribution is -2.08. The van der Waals surface area contributed by atoms with Crippen LogP contribution < -0.4 is 5.32 Å². The molecule has 0 atom stereocenters. The van der Waals surface area contributed by atoms with Gasteiger partial charge in [-0.25, -0.2) is 9.97 Å². The van der Waals surface area contributed by atoms with Gasteiger partial charge in [0, 0.05) is 18.7 Å². The number of rotatable bonds is 7. The Bertz CT molecular complexity index is 1320. The fourth-order valence-corrected chi connectivity index (χ4v) is 4.18. The average molecular weight is 421 g/mol. The molecule has 2 heterocycles. The number of aliphatic hydroxyl groups is 1. The number of anilines is 1. The van der Waals surface area contributed by atoms with E-state index in [2.05, 4.69) is 87.7 Å². The SMILES string of the molecule is OCCNc1ncnc2c1c(-c1ccccc1)c(-c1ccccc1)n2Cc1ccccc1. The summed E-state index contributed by atoms with van der Waals surface area (Å²) in [5.41, 5.74) is 6.47. The Morgan fingerprint density at radius 2 is 1.38 bits per heavy atom. The molecule has 5 heteroatoms. The lowest BCUT2D eigenvalue weighted by atomic mass is 9.99. The summed E-state index contributed by atoms with van der Waals surface area (Å²) >= 11 is 0. The van der Waals surface area contributed by atoms with Gasteiger partial charge in [0.25, 0.3) is 0 Å². The Hall–Kier alpha value is -3.96. The van der Waals surface area contributed by atoms with Gasteiger partial charge in [-0.1, -0.05) is 91.0 Å². The van der Waals surface area contributed by atoms with E-state index in [1.807, 2.05) is 18.2 Å². The lowest BCUT2D eigenvalue weighted by Gasteiger charge is -2.13. The number of aliphatic hydroxyl groups excluding tert-OH is 1. The van der Waals surface area contributed by atoms with Crippen molar-refractivity contribution in [3.05, 3.63) is 103 Å². The van der Waals surface area contributed by atoms with Crippen LogP contribution in [0.4, 0.5) is 5.82 Å². The quantitative estimate of drug-likeness (QED) is 0.379. The topological polar surface area (TPSA) is 63.0 Å². The first kappa shape index (κ1) is 20.0. The third-order valence-corrected chi connectivity index (χ3v) is 5.54. The van der Waals surface area contributed by atoms with Crippen molar-refractivity contribution in [2.45, 2.75) is 6.54 Å². The minimum absolute atomic E-state index is 0.0302. The van der Waals surface area contributed by atoms with Gasteiger partial charge in [0.15, 0.2) is 0 Å². The van der Waals surface area contributed by atoms with E-state index in [0.29, 0.717) is 13.1 Å². The minimum Gasteiger partial charge on any atom is -0.395 e. The number of nitrogens with one attached hydrogen (secondary N) is 1. The van der Waals surface area contributed by atoms with Crippen LogP contribution in [-0.4, -0.2) is 32.8 Å². The summed E-state index contributed by atoms with van der Waals surface area (Å²) in [7, 11) is 0. The average Bonchev–Trinajstić information content (AvgIpc) is 3.19. The Labute approximate surface area is 187 Å². The number of hydrogen-bond acceptors (Lipinski definition) is 4. The molecular weight excluding hydrogens is 396 g/mol. The van der Waals surface area contributed by atoms with Gasteiger partial charge in [-0.05, 0) is 16.7 Å².